The zero-order chi connectivity index (χ0) is 25.4. The normalized spacial score (nSPS) is 17.6. The summed E-state index contributed by atoms with van der Waals surface area (Å²) in [5, 5.41) is 3.06. The van der Waals surface area contributed by atoms with Gasteiger partial charge in [0.2, 0.25) is 11.8 Å². The van der Waals surface area contributed by atoms with Gasteiger partial charge in [-0.25, -0.2) is 4.39 Å². The molecule has 0 radical (unpaired) electrons. The molecule has 2 aromatic rings. The number of carbonyl (C=O) groups excluding carboxylic acids is 2. The van der Waals surface area contributed by atoms with E-state index < -0.39 is 12.7 Å². The second-order valence-electron chi connectivity index (χ2n) is 8.91. The number of methoxy groups -OCH3 is 1. The highest BCUT2D eigenvalue weighted by atomic mass is 19.1. The zero-order valence-corrected chi connectivity index (χ0v) is 21.0. The molecular weight excluding hydrogens is 453 g/mol. The van der Waals surface area contributed by atoms with E-state index in [1.807, 2.05) is 51.1 Å². The minimum Gasteiger partial charge on any atom is -0.497 e. The standard InChI is InChI=1S/C26H36FN3O5/c1-5-20-7-9-23(35-20)25(26(32)28-22-8-6-21(33-4)14-19(22)3)30-12-11-29(15-18(2)16-30)24(31)17-34-13-10-27/h6-9,14,18,25H,5,10-13,15-17H2,1-4H3,(H,28,32). The van der Waals surface area contributed by atoms with Crippen LogP contribution in [-0.4, -0.2) is 74.8 Å². The third-order valence-corrected chi connectivity index (χ3v) is 6.14. The summed E-state index contributed by atoms with van der Waals surface area (Å²) in [4.78, 5) is 30.0. The third-order valence-electron chi connectivity index (χ3n) is 6.14. The van der Waals surface area contributed by atoms with Crippen LogP contribution >= 0.6 is 0 Å². The van der Waals surface area contributed by atoms with Crippen LogP contribution in [0.15, 0.2) is 34.7 Å². The summed E-state index contributed by atoms with van der Waals surface area (Å²) in [5.74, 6) is 1.84. The maximum atomic E-state index is 13.6. The van der Waals surface area contributed by atoms with Gasteiger partial charge in [0.25, 0.3) is 0 Å². The Hall–Kier alpha value is -2.91. The molecule has 1 aliphatic heterocycles. The third kappa shape index (κ3) is 7.05. The van der Waals surface area contributed by atoms with E-state index in [2.05, 4.69) is 10.2 Å². The molecule has 2 heterocycles. The number of nitrogens with one attached hydrogen (secondary N) is 1. The van der Waals surface area contributed by atoms with Gasteiger partial charge in [0.1, 0.15) is 36.6 Å². The Morgan fingerprint density at radius 1 is 1.23 bits per heavy atom. The lowest BCUT2D eigenvalue weighted by atomic mass is 10.1. The van der Waals surface area contributed by atoms with Crippen LogP contribution in [0.3, 0.4) is 0 Å². The van der Waals surface area contributed by atoms with Crippen molar-refractivity contribution in [1.29, 1.82) is 0 Å². The summed E-state index contributed by atoms with van der Waals surface area (Å²) < 4.78 is 28.7. The molecule has 1 N–H and O–H groups in total. The van der Waals surface area contributed by atoms with E-state index >= 15 is 0 Å². The minimum absolute atomic E-state index is 0.0907. The molecule has 0 spiro atoms. The summed E-state index contributed by atoms with van der Waals surface area (Å²) >= 11 is 0. The smallest absolute Gasteiger partial charge is 0.249 e. The average molecular weight is 490 g/mol. The number of hydrogen-bond acceptors (Lipinski definition) is 6. The number of amides is 2. The predicted molar refractivity (Wildman–Crippen MR) is 131 cm³/mol. The number of rotatable bonds is 10. The van der Waals surface area contributed by atoms with Crippen molar-refractivity contribution < 1.29 is 27.9 Å². The van der Waals surface area contributed by atoms with E-state index in [-0.39, 0.29) is 30.9 Å². The van der Waals surface area contributed by atoms with Crippen LogP contribution in [0.4, 0.5) is 10.1 Å². The molecule has 2 atom stereocenters. The number of carbonyl (C=O) groups is 2. The van der Waals surface area contributed by atoms with Gasteiger partial charge in [0.05, 0.1) is 13.7 Å². The SMILES string of the molecule is CCc1ccc(C(C(=O)Nc2ccc(OC)cc2C)N2CCN(C(=O)COCCF)CC(C)C2)o1. The Morgan fingerprint density at radius 2 is 2.03 bits per heavy atom. The summed E-state index contributed by atoms with van der Waals surface area (Å²) in [6, 6.07) is 8.60. The predicted octanol–water partition coefficient (Wildman–Crippen LogP) is 3.61. The van der Waals surface area contributed by atoms with Gasteiger partial charge in [-0.3, -0.25) is 14.5 Å². The van der Waals surface area contributed by atoms with Crippen molar-refractivity contribution in [3.63, 3.8) is 0 Å². The lowest BCUT2D eigenvalue weighted by Crippen LogP contribution is -2.41. The number of alkyl halides is 1. The molecule has 0 bridgehead atoms. The number of ether oxygens (including phenoxy) is 2. The van der Waals surface area contributed by atoms with Gasteiger partial charge in [0.15, 0.2) is 0 Å². The molecule has 2 unspecified atom stereocenters. The van der Waals surface area contributed by atoms with Gasteiger partial charge in [-0.2, -0.15) is 0 Å². The fourth-order valence-corrected chi connectivity index (χ4v) is 4.34. The molecular formula is C26H36FN3O5. The van der Waals surface area contributed by atoms with Crippen LogP contribution in [0.25, 0.3) is 0 Å². The molecule has 0 aliphatic carbocycles. The Labute approximate surface area is 206 Å². The zero-order valence-electron chi connectivity index (χ0n) is 21.0. The van der Waals surface area contributed by atoms with Crippen LogP contribution < -0.4 is 10.1 Å². The molecule has 1 aromatic heterocycles. The Kier molecular flexibility index (Phi) is 9.68. The van der Waals surface area contributed by atoms with Crippen molar-refractivity contribution in [2.75, 3.05) is 58.5 Å². The van der Waals surface area contributed by atoms with E-state index in [4.69, 9.17) is 13.9 Å². The summed E-state index contributed by atoms with van der Waals surface area (Å²) in [5.41, 5.74) is 1.59. The van der Waals surface area contributed by atoms with Crippen LogP contribution in [0, 0.1) is 12.8 Å². The molecule has 192 valence electrons. The van der Waals surface area contributed by atoms with Crippen molar-refractivity contribution in [3.8, 4) is 5.75 Å². The molecule has 1 saturated heterocycles. The molecule has 1 aromatic carbocycles. The van der Waals surface area contributed by atoms with Crippen molar-refractivity contribution >= 4 is 17.5 Å². The topological polar surface area (TPSA) is 84.2 Å². The maximum Gasteiger partial charge on any atom is 0.249 e. The molecule has 1 aliphatic rings. The van der Waals surface area contributed by atoms with Crippen LogP contribution in [0.5, 0.6) is 5.75 Å². The monoisotopic (exact) mass is 489 g/mol. The van der Waals surface area contributed by atoms with Gasteiger partial charge in [-0.05, 0) is 48.7 Å². The lowest BCUT2D eigenvalue weighted by molar-refractivity contribution is -0.136. The highest BCUT2D eigenvalue weighted by molar-refractivity contribution is 5.96. The van der Waals surface area contributed by atoms with E-state index in [0.717, 1.165) is 23.5 Å². The van der Waals surface area contributed by atoms with Crippen LogP contribution in [0.1, 0.15) is 37.0 Å². The number of benzene rings is 1. The van der Waals surface area contributed by atoms with Gasteiger partial charge in [-0.15, -0.1) is 0 Å². The molecule has 2 amide bonds. The van der Waals surface area contributed by atoms with Gasteiger partial charge in [0, 0.05) is 38.3 Å². The first kappa shape index (κ1) is 26.7. The number of halogens is 1. The first-order chi connectivity index (χ1) is 16.9. The molecule has 9 heteroatoms. The quantitative estimate of drug-likeness (QED) is 0.514. The molecule has 0 saturated carbocycles. The Balaban J connectivity index is 1.81. The highest BCUT2D eigenvalue weighted by Gasteiger charge is 2.34. The summed E-state index contributed by atoms with van der Waals surface area (Å²) in [6.07, 6.45) is 0.726. The van der Waals surface area contributed by atoms with Gasteiger partial charge >= 0.3 is 0 Å². The fraction of sp³-hybridized carbons (Fsp3) is 0.538. The van der Waals surface area contributed by atoms with E-state index in [1.54, 1.807) is 12.0 Å². The van der Waals surface area contributed by atoms with Crippen LogP contribution in [0.2, 0.25) is 0 Å². The first-order valence-corrected chi connectivity index (χ1v) is 12.1. The molecule has 8 nitrogen and oxygen atoms in total. The Morgan fingerprint density at radius 3 is 2.69 bits per heavy atom. The van der Waals surface area contributed by atoms with Crippen LogP contribution in [-0.2, 0) is 20.7 Å². The average Bonchev–Trinajstić information content (AvgIpc) is 3.22. The van der Waals surface area contributed by atoms with E-state index in [0.29, 0.717) is 37.6 Å². The largest absolute Gasteiger partial charge is 0.497 e. The maximum absolute atomic E-state index is 13.6. The van der Waals surface area contributed by atoms with Crippen molar-refractivity contribution in [1.82, 2.24) is 9.80 Å². The first-order valence-electron chi connectivity index (χ1n) is 12.1. The van der Waals surface area contributed by atoms with Gasteiger partial charge in [-0.1, -0.05) is 13.8 Å². The number of nitrogens with zero attached hydrogens (tertiary/aromatic N) is 2. The second kappa shape index (κ2) is 12.7. The molecule has 1 fully saturated rings. The van der Waals surface area contributed by atoms with E-state index in [9.17, 15) is 14.0 Å². The molecule has 35 heavy (non-hydrogen) atoms. The number of hydrogen-bond donors (Lipinski definition) is 1. The number of anilines is 1. The molecule has 3 rings (SSSR count). The van der Waals surface area contributed by atoms with Gasteiger partial charge < -0.3 is 24.1 Å². The summed E-state index contributed by atoms with van der Waals surface area (Å²) in [6.45, 7) is 7.18. The van der Waals surface area contributed by atoms with Crippen molar-refractivity contribution in [2.24, 2.45) is 5.92 Å². The number of aryl methyl sites for hydroxylation is 2. The Bertz CT molecular complexity index is 995. The van der Waals surface area contributed by atoms with Crippen molar-refractivity contribution in [3.05, 3.63) is 47.4 Å². The highest BCUT2D eigenvalue weighted by Crippen LogP contribution is 2.29. The van der Waals surface area contributed by atoms with E-state index in [1.165, 1.54) is 0 Å². The lowest BCUT2D eigenvalue weighted by Gasteiger charge is -2.29. The van der Waals surface area contributed by atoms with Crippen molar-refractivity contribution in [2.45, 2.75) is 33.2 Å². The summed E-state index contributed by atoms with van der Waals surface area (Å²) in [7, 11) is 1.60. The second-order valence-corrected chi connectivity index (χ2v) is 8.91. The fourth-order valence-electron chi connectivity index (χ4n) is 4.34. The minimum atomic E-state index is -0.655. The number of furan rings is 1.